The van der Waals surface area contributed by atoms with Crippen LogP contribution in [-0.2, 0) is 31.4 Å². The van der Waals surface area contributed by atoms with E-state index >= 15 is 0 Å². The molecular formula is C24H28N4O3. The molecule has 1 aliphatic rings. The monoisotopic (exact) mass is 420 g/mol. The molecule has 31 heavy (non-hydrogen) atoms. The Hall–Kier alpha value is -3.03. The molecule has 3 aromatic rings. The van der Waals surface area contributed by atoms with E-state index in [0.717, 1.165) is 43.4 Å². The molecule has 0 saturated carbocycles. The molecule has 1 amide bonds. The fourth-order valence-electron chi connectivity index (χ4n) is 4.02. The topological polar surface area (TPSA) is 87.5 Å². The third kappa shape index (κ3) is 5.18. The zero-order valence-corrected chi connectivity index (χ0v) is 17.8. The van der Waals surface area contributed by atoms with Gasteiger partial charge in [0, 0.05) is 38.6 Å². The Balaban J connectivity index is 1.34. The number of rotatable bonds is 6. The maximum absolute atomic E-state index is 12.5. The Morgan fingerprint density at radius 3 is 2.42 bits per heavy atom. The number of hydrogen-bond acceptors (Lipinski definition) is 5. The van der Waals surface area contributed by atoms with E-state index in [4.69, 9.17) is 0 Å². The lowest BCUT2D eigenvalue weighted by Crippen LogP contribution is -2.35. The first-order chi connectivity index (χ1) is 15.0. The van der Waals surface area contributed by atoms with Crippen LogP contribution in [0.4, 0.5) is 0 Å². The minimum Gasteiger partial charge on any atom is -0.393 e. The summed E-state index contributed by atoms with van der Waals surface area (Å²) in [6, 6.07) is 15.5. The van der Waals surface area contributed by atoms with Gasteiger partial charge in [-0.15, -0.1) is 0 Å². The molecule has 0 spiro atoms. The number of amides is 1. The van der Waals surface area contributed by atoms with Gasteiger partial charge >= 0.3 is 0 Å². The first-order valence-corrected chi connectivity index (χ1v) is 10.7. The Morgan fingerprint density at radius 2 is 1.71 bits per heavy atom. The van der Waals surface area contributed by atoms with E-state index in [2.05, 4.69) is 27.4 Å². The van der Waals surface area contributed by atoms with Crippen LogP contribution in [0.15, 0.2) is 53.3 Å². The first kappa shape index (κ1) is 21.2. The number of carbonyl (C=O) groups is 1. The van der Waals surface area contributed by atoms with Gasteiger partial charge in [0.25, 0.3) is 5.56 Å². The first-order valence-electron chi connectivity index (χ1n) is 10.7. The summed E-state index contributed by atoms with van der Waals surface area (Å²) in [7, 11) is 1.60. The normalized spacial score (nSPS) is 15.3. The second-order valence-electron chi connectivity index (χ2n) is 8.20. The number of piperidine rings is 1. The summed E-state index contributed by atoms with van der Waals surface area (Å²) in [6.45, 7) is 3.17. The van der Waals surface area contributed by atoms with Crippen LogP contribution < -0.4 is 10.9 Å². The molecule has 162 valence electrons. The molecule has 0 bridgehead atoms. The highest BCUT2D eigenvalue weighted by atomic mass is 16.3. The molecule has 0 unspecified atom stereocenters. The van der Waals surface area contributed by atoms with Crippen molar-refractivity contribution in [1.29, 1.82) is 0 Å². The van der Waals surface area contributed by atoms with Crippen LogP contribution in [0.25, 0.3) is 10.8 Å². The minimum absolute atomic E-state index is 0.119. The summed E-state index contributed by atoms with van der Waals surface area (Å²) in [6.07, 6.45) is 1.64. The van der Waals surface area contributed by atoms with Crippen LogP contribution in [0.5, 0.6) is 0 Å². The number of hydrogen-bond donors (Lipinski definition) is 2. The molecule has 1 aromatic heterocycles. The number of aromatic nitrogens is 2. The number of carbonyl (C=O) groups excluding carboxylic acids is 1. The van der Waals surface area contributed by atoms with Crippen molar-refractivity contribution in [2.45, 2.75) is 38.5 Å². The van der Waals surface area contributed by atoms with E-state index in [1.54, 1.807) is 13.1 Å². The molecule has 0 aliphatic carbocycles. The van der Waals surface area contributed by atoms with Crippen LogP contribution in [0.1, 0.15) is 29.7 Å². The van der Waals surface area contributed by atoms with Crippen LogP contribution in [-0.4, -0.2) is 44.9 Å². The summed E-state index contributed by atoms with van der Waals surface area (Å²) in [4.78, 5) is 27.1. The molecule has 0 radical (unpaired) electrons. The summed E-state index contributed by atoms with van der Waals surface area (Å²) in [5, 5.41) is 18.2. The van der Waals surface area contributed by atoms with Crippen molar-refractivity contribution in [2.24, 2.45) is 7.05 Å². The molecule has 7 nitrogen and oxygen atoms in total. The molecule has 1 fully saturated rings. The Bertz CT molecular complexity index is 1120. The second-order valence-corrected chi connectivity index (χ2v) is 8.20. The van der Waals surface area contributed by atoms with Crippen molar-refractivity contribution in [1.82, 2.24) is 20.0 Å². The van der Waals surface area contributed by atoms with Gasteiger partial charge in [-0.3, -0.25) is 14.5 Å². The average molecular weight is 421 g/mol. The number of benzene rings is 2. The van der Waals surface area contributed by atoms with Gasteiger partial charge < -0.3 is 10.4 Å². The number of nitrogens with zero attached hydrogens (tertiary/aromatic N) is 3. The molecule has 7 heteroatoms. The maximum Gasteiger partial charge on any atom is 0.274 e. The summed E-state index contributed by atoms with van der Waals surface area (Å²) in [5.41, 5.74) is 2.69. The molecule has 2 aromatic carbocycles. The third-order valence-corrected chi connectivity index (χ3v) is 5.84. The molecule has 2 N–H and O–H groups in total. The third-order valence-electron chi connectivity index (χ3n) is 5.84. The number of aliphatic hydroxyl groups is 1. The van der Waals surface area contributed by atoms with Gasteiger partial charge in [-0.05, 0) is 30.0 Å². The molecule has 1 aliphatic heterocycles. The van der Waals surface area contributed by atoms with Crippen molar-refractivity contribution in [3.63, 3.8) is 0 Å². The lowest BCUT2D eigenvalue weighted by Gasteiger charge is -2.29. The highest BCUT2D eigenvalue weighted by molar-refractivity contribution is 5.88. The Kier molecular flexibility index (Phi) is 6.44. The van der Waals surface area contributed by atoms with Gasteiger partial charge in [-0.25, -0.2) is 4.68 Å². The fourth-order valence-corrected chi connectivity index (χ4v) is 4.02. The second kappa shape index (κ2) is 9.41. The van der Waals surface area contributed by atoms with Crippen LogP contribution in [0.2, 0.25) is 0 Å². The quantitative estimate of drug-likeness (QED) is 0.634. The summed E-state index contributed by atoms with van der Waals surface area (Å²) < 4.78 is 1.28. The SMILES string of the molecule is Cn1nc(CC(=O)NCc2ccc(CN3CCC(O)CC3)cc2)c2ccccc2c1=O. The van der Waals surface area contributed by atoms with Crippen LogP contribution in [0.3, 0.4) is 0 Å². The Labute approximate surface area is 181 Å². The van der Waals surface area contributed by atoms with E-state index in [1.807, 2.05) is 30.3 Å². The van der Waals surface area contributed by atoms with Gasteiger partial charge in [-0.1, -0.05) is 42.5 Å². The smallest absolute Gasteiger partial charge is 0.274 e. The molecule has 2 heterocycles. The highest BCUT2D eigenvalue weighted by Gasteiger charge is 2.17. The zero-order chi connectivity index (χ0) is 21.8. The van der Waals surface area contributed by atoms with E-state index in [0.29, 0.717) is 17.6 Å². The molecule has 1 saturated heterocycles. The fraction of sp³-hybridized carbons (Fsp3) is 0.375. The minimum atomic E-state index is -0.166. The van der Waals surface area contributed by atoms with Crippen LogP contribution >= 0.6 is 0 Å². The Morgan fingerprint density at radius 1 is 1.06 bits per heavy atom. The number of fused-ring (bicyclic) bond motifs is 1. The van der Waals surface area contributed by atoms with E-state index < -0.39 is 0 Å². The molecular weight excluding hydrogens is 392 g/mol. The molecule has 4 rings (SSSR count). The van der Waals surface area contributed by atoms with E-state index in [-0.39, 0.29) is 24.0 Å². The number of aryl methyl sites for hydroxylation is 1. The standard InChI is InChI=1S/C24H28N4O3/c1-27-24(31)21-5-3-2-4-20(21)22(26-27)14-23(30)25-15-17-6-8-18(9-7-17)16-28-12-10-19(29)11-13-28/h2-9,19,29H,10-16H2,1H3,(H,25,30). The van der Waals surface area contributed by atoms with Crippen molar-refractivity contribution >= 4 is 16.7 Å². The van der Waals surface area contributed by atoms with Gasteiger partial charge in [0.1, 0.15) is 0 Å². The predicted octanol–water partition coefficient (Wildman–Crippen LogP) is 1.75. The van der Waals surface area contributed by atoms with Gasteiger partial charge in [-0.2, -0.15) is 5.10 Å². The van der Waals surface area contributed by atoms with Crippen molar-refractivity contribution < 1.29 is 9.90 Å². The lowest BCUT2D eigenvalue weighted by atomic mass is 10.1. The van der Waals surface area contributed by atoms with Crippen molar-refractivity contribution in [3.8, 4) is 0 Å². The highest BCUT2D eigenvalue weighted by Crippen LogP contribution is 2.15. The van der Waals surface area contributed by atoms with Crippen LogP contribution in [0, 0.1) is 0 Å². The molecule has 0 atom stereocenters. The maximum atomic E-state index is 12.5. The van der Waals surface area contributed by atoms with Crippen molar-refractivity contribution in [2.75, 3.05) is 13.1 Å². The van der Waals surface area contributed by atoms with E-state index in [1.165, 1.54) is 10.2 Å². The lowest BCUT2D eigenvalue weighted by molar-refractivity contribution is -0.120. The van der Waals surface area contributed by atoms with E-state index in [9.17, 15) is 14.7 Å². The number of aliphatic hydroxyl groups excluding tert-OH is 1. The van der Waals surface area contributed by atoms with Gasteiger partial charge in [0.15, 0.2) is 0 Å². The average Bonchev–Trinajstić information content (AvgIpc) is 2.78. The zero-order valence-electron chi connectivity index (χ0n) is 17.8. The van der Waals surface area contributed by atoms with Gasteiger partial charge in [0.05, 0.1) is 23.6 Å². The van der Waals surface area contributed by atoms with Crippen molar-refractivity contribution in [3.05, 3.63) is 75.7 Å². The largest absolute Gasteiger partial charge is 0.393 e. The number of nitrogens with one attached hydrogen (secondary N) is 1. The summed E-state index contributed by atoms with van der Waals surface area (Å²) in [5.74, 6) is -0.132. The van der Waals surface area contributed by atoms with Gasteiger partial charge in [0.2, 0.25) is 5.91 Å². The number of likely N-dealkylation sites (tertiary alicyclic amines) is 1. The predicted molar refractivity (Wildman–Crippen MR) is 119 cm³/mol. The summed E-state index contributed by atoms with van der Waals surface area (Å²) >= 11 is 0.